The van der Waals surface area contributed by atoms with E-state index in [-0.39, 0.29) is 68.7 Å². The lowest BCUT2D eigenvalue weighted by atomic mass is 9.89. The number of alkyl carbamates (subject to hydrolysis) is 1. The highest BCUT2D eigenvalue weighted by Crippen LogP contribution is 2.31. The molecule has 0 aliphatic carbocycles. The number of aromatic nitrogens is 1. The quantitative estimate of drug-likeness (QED) is 0.0173. The van der Waals surface area contributed by atoms with E-state index >= 15 is 0 Å². The Balaban J connectivity index is 1.25. The lowest BCUT2D eigenvalue weighted by Crippen LogP contribution is -2.60. The third kappa shape index (κ3) is 24.0. The maximum Gasteiger partial charge on any atom is 0.419 e. The number of benzene rings is 3. The molecule has 1 saturated heterocycles. The SMILES string of the molecule is CC[C@H](C)[C@@H]([C@@H](CC(=O)N1CCC[C@H]1[C@H](OC)[C@@H](C)C(=O)N[C@H](C)Cc1ccccc1)OC)N(C)C(=O)[C@@H](NC(=O)[C@H](C(C)C)N(C)C(=O)OCc1ccc(NC(=O)[C@H](CCCNC(N)=O)NC(=O)[C@@H](Cc2cn(C(=O)OC(C)(C)C)c3ccccc23)NC(=O)OC(C)(C)C)cc1)C(C)C. The summed E-state index contributed by atoms with van der Waals surface area (Å²) in [5.74, 6) is -4.39. The highest BCUT2D eigenvalue weighted by Gasteiger charge is 2.44. The van der Waals surface area contributed by atoms with Gasteiger partial charge >= 0.3 is 24.3 Å². The number of nitrogens with one attached hydrogen (secondary N) is 6. The van der Waals surface area contributed by atoms with Gasteiger partial charge in [-0.05, 0) is 133 Å². The topological polar surface area (TPSA) is 330 Å². The van der Waals surface area contributed by atoms with Crippen LogP contribution in [0.3, 0.4) is 0 Å². The number of anilines is 1. The van der Waals surface area contributed by atoms with Crippen molar-refractivity contribution in [1.29, 1.82) is 0 Å². The van der Waals surface area contributed by atoms with Gasteiger partial charge in [-0.2, -0.15) is 0 Å². The van der Waals surface area contributed by atoms with Crippen LogP contribution in [0.4, 0.5) is 24.9 Å². The molecule has 1 fully saturated rings. The van der Waals surface area contributed by atoms with Gasteiger partial charge in [-0.15, -0.1) is 0 Å². The molecule has 0 spiro atoms. The Bertz CT molecular complexity index is 3400. The molecule has 1 aliphatic rings. The van der Waals surface area contributed by atoms with E-state index in [1.807, 2.05) is 71.9 Å². The molecule has 10 amide bonds. The van der Waals surface area contributed by atoms with Gasteiger partial charge in [0.2, 0.25) is 35.4 Å². The van der Waals surface area contributed by atoms with Crippen LogP contribution in [-0.4, -0.2) is 186 Å². The van der Waals surface area contributed by atoms with Gasteiger partial charge in [-0.3, -0.25) is 38.2 Å². The number of carbonyl (C=O) groups excluding carboxylic acids is 10. The van der Waals surface area contributed by atoms with Crippen molar-refractivity contribution >= 4 is 76.3 Å². The maximum atomic E-state index is 14.9. The van der Waals surface area contributed by atoms with Crippen molar-refractivity contribution in [3.05, 3.63) is 102 Å². The summed E-state index contributed by atoms with van der Waals surface area (Å²) in [5, 5.41) is 17.4. The van der Waals surface area contributed by atoms with Crippen molar-refractivity contribution in [3.63, 3.8) is 0 Å². The van der Waals surface area contributed by atoms with Crippen molar-refractivity contribution in [3.8, 4) is 0 Å². The number of hydrogen-bond donors (Lipinski definition) is 7. The first-order valence-electron chi connectivity index (χ1n) is 34.7. The summed E-state index contributed by atoms with van der Waals surface area (Å²) in [6.07, 6.45) is 0.434. The second-order valence-corrected chi connectivity index (χ2v) is 28.9. The largest absolute Gasteiger partial charge is 0.445 e. The molecule has 8 N–H and O–H groups in total. The molecular weight excluding hydrogens is 1280 g/mol. The molecule has 552 valence electrons. The van der Waals surface area contributed by atoms with Gasteiger partial charge in [-0.25, -0.2) is 19.2 Å². The molecule has 1 aliphatic heterocycles. The molecule has 5 rings (SSSR count). The third-order valence-electron chi connectivity index (χ3n) is 17.9. The first-order chi connectivity index (χ1) is 47.0. The van der Waals surface area contributed by atoms with Gasteiger partial charge < -0.3 is 71.1 Å². The molecule has 26 nitrogen and oxygen atoms in total. The highest BCUT2D eigenvalue weighted by atomic mass is 16.6. The van der Waals surface area contributed by atoms with Crippen molar-refractivity contribution in [1.82, 2.24) is 45.9 Å². The summed E-state index contributed by atoms with van der Waals surface area (Å²) in [6.45, 7) is 25.4. The number of carbonyl (C=O) groups is 10. The summed E-state index contributed by atoms with van der Waals surface area (Å²) < 4.78 is 30.4. The summed E-state index contributed by atoms with van der Waals surface area (Å²) in [5.41, 5.74) is 6.46. The predicted molar refractivity (Wildman–Crippen MR) is 381 cm³/mol. The highest BCUT2D eigenvalue weighted by molar-refractivity contribution is 5.99. The molecule has 1 aromatic heterocycles. The van der Waals surface area contributed by atoms with E-state index in [2.05, 4.69) is 31.9 Å². The summed E-state index contributed by atoms with van der Waals surface area (Å²) in [6, 6.07) is 16.6. The standard InChI is InChI=1S/C74H111N11O15/c1-19-46(6)62(58(96-17)41-59(86)84-38-26-32-57(84)63(97-18)48(8)64(87)77-47(7)39-49-27-21-20-22-28-49)82(15)68(91)60(44(2)3)81-67(90)61(45(4)5)83(16)71(94)98-43-50-33-35-52(36-34-50)78-65(88)54(30-25-37-76-69(75)92)79-66(89)55(80-70(93)99-73(9,10)11)40-51-42-85(72(95)100-74(12,13)14)56-31-24-23-29-53(51)56/h20-24,27-29,31,33-36,42,44-48,54-55,57-58,60-63H,19,25-26,30,32,37-41,43H2,1-18H3,(H,77,87)(H,78,88)(H,79,89)(H,80,93)(H,81,90)(H3,75,76,92)/t46-,47+,48+,54-,55+,57-,58+,60-,61-,62-,63+/m0/s1. The molecule has 3 aromatic carbocycles. The number of nitrogens with two attached hydrogens (primary N) is 1. The monoisotopic (exact) mass is 1390 g/mol. The second kappa shape index (κ2) is 37.6. The fraction of sp³-hybridized carbons (Fsp3) is 0.595. The minimum Gasteiger partial charge on any atom is -0.445 e. The number of likely N-dealkylation sites (N-methyl/N-ethyl adjacent to an activating group) is 2. The summed E-state index contributed by atoms with van der Waals surface area (Å²) in [4.78, 5) is 143. The van der Waals surface area contributed by atoms with E-state index in [4.69, 9.17) is 29.4 Å². The van der Waals surface area contributed by atoms with Crippen LogP contribution >= 0.6 is 0 Å². The molecule has 0 saturated carbocycles. The van der Waals surface area contributed by atoms with Gasteiger partial charge in [0.1, 0.15) is 42.0 Å². The zero-order valence-electron chi connectivity index (χ0n) is 61.9. The molecule has 100 heavy (non-hydrogen) atoms. The van der Waals surface area contributed by atoms with E-state index in [1.54, 1.807) is 128 Å². The van der Waals surface area contributed by atoms with Crippen LogP contribution < -0.4 is 37.6 Å². The second-order valence-electron chi connectivity index (χ2n) is 28.9. The summed E-state index contributed by atoms with van der Waals surface area (Å²) in [7, 11) is 6.16. The van der Waals surface area contributed by atoms with E-state index < -0.39 is 119 Å². The van der Waals surface area contributed by atoms with Gasteiger partial charge in [0.25, 0.3) is 0 Å². The Morgan fingerprint density at radius 1 is 0.680 bits per heavy atom. The average Bonchev–Trinajstić information content (AvgIpc) is 1.59. The minimum atomic E-state index is -1.34. The van der Waals surface area contributed by atoms with Crippen LogP contribution in [-0.2, 0) is 71.9 Å². The number of likely N-dealkylation sites (tertiary alicyclic amines) is 1. The number of methoxy groups -OCH3 is 2. The normalized spacial score (nSPS) is 16.3. The number of fused-ring (bicyclic) bond motifs is 1. The Morgan fingerprint density at radius 3 is 1.91 bits per heavy atom. The zero-order valence-corrected chi connectivity index (χ0v) is 61.9. The van der Waals surface area contributed by atoms with Crippen LogP contribution in [0.15, 0.2) is 85.1 Å². The molecule has 4 aromatic rings. The number of primary amides is 1. The van der Waals surface area contributed by atoms with Crippen molar-refractivity contribution in [2.75, 3.05) is 46.7 Å². The maximum absolute atomic E-state index is 14.9. The van der Waals surface area contributed by atoms with Crippen LogP contribution in [0.1, 0.15) is 152 Å². The number of para-hydroxylation sites is 1. The number of amides is 10. The number of rotatable bonds is 33. The fourth-order valence-electron chi connectivity index (χ4n) is 12.7. The van der Waals surface area contributed by atoms with Crippen molar-refractivity contribution in [2.45, 2.75) is 221 Å². The van der Waals surface area contributed by atoms with Crippen LogP contribution in [0.5, 0.6) is 0 Å². The van der Waals surface area contributed by atoms with E-state index in [9.17, 15) is 47.9 Å². The lowest BCUT2D eigenvalue weighted by molar-refractivity contribution is -0.148. The molecule has 0 bridgehead atoms. The Morgan fingerprint density at radius 2 is 1.32 bits per heavy atom. The fourth-order valence-corrected chi connectivity index (χ4v) is 12.7. The minimum absolute atomic E-state index is 0.00605. The molecule has 26 heteroatoms. The average molecular weight is 1390 g/mol. The van der Waals surface area contributed by atoms with E-state index in [1.165, 1.54) is 29.8 Å². The number of ether oxygens (including phenoxy) is 5. The Kier molecular flexibility index (Phi) is 30.8. The smallest absolute Gasteiger partial charge is 0.419 e. The van der Waals surface area contributed by atoms with E-state index in [0.717, 1.165) is 12.0 Å². The molecule has 0 unspecified atom stereocenters. The first-order valence-corrected chi connectivity index (χ1v) is 34.7. The molecule has 11 atom stereocenters. The molecular formula is C74H111N11O15. The Labute approximate surface area is 589 Å². The van der Waals surface area contributed by atoms with Crippen LogP contribution in [0.2, 0.25) is 0 Å². The summed E-state index contributed by atoms with van der Waals surface area (Å²) >= 11 is 0. The van der Waals surface area contributed by atoms with Crippen molar-refractivity contribution in [2.24, 2.45) is 29.4 Å². The zero-order chi connectivity index (χ0) is 74.5. The number of hydrogen-bond acceptors (Lipinski definition) is 15. The molecule has 0 radical (unpaired) electrons. The van der Waals surface area contributed by atoms with Gasteiger partial charge in [0.05, 0.1) is 42.1 Å². The number of nitrogens with zero attached hydrogens (tertiary/aromatic N) is 4. The molecule has 2 heterocycles. The van der Waals surface area contributed by atoms with Crippen LogP contribution in [0.25, 0.3) is 10.9 Å². The predicted octanol–water partition coefficient (Wildman–Crippen LogP) is 8.83. The van der Waals surface area contributed by atoms with Gasteiger partial charge in [0.15, 0.2) is 0 Å². The first kappa shape index (κ1) is 81.9. The Hall–Kier alpha value is -8.78. The van der Waals surface area contributed by atoms with Crippen molar-refractivity contribution < 1.29 is 71.6 Å². The number of urea groups is 1. The van der Waals surface area contributed by atoms with Gasteiger partial charge in [0, 0.05) is 71.1 Å². The van der Waals surface area contributed by atoms with E-state index in [0.29, 0.717) is 53.5 Å². The third-order valence-corrected chi connectivity index (χ3v) is 17.9. The lowest BCUT2D eigenvalue weighted by Gasteiger charge is -2.41. The van der Waals surface area contributed by atoms with Crippen LogP contribution in [0, 0.1) is 23.7 Å². The van der Waals surface area contributed by atoms with Gasteiger partial charge in [-0.1, -0.05) is 116 Å².